The monoisotopic (exact) mass is 456 g/mol. The van der Waals surface area contributed by atoms with Crippen molar-refractivity contribution in [3.05, 3.63) is 65.7 Å². The molecule has 0 aliphatic carbocycles. The van der Waals surface area contributed by atoms with Crippen LogP contribution in [0, 0.1) is 17.6 Å². The highest BCUT2D eigenvalue weighted by Gasteiger charge is 2.28. The molecule has 0 aromatic heterocycles. The van der Waals surface area contributed by atoms with Gasteiger partial charge in [0.1, 0.15) is 11.6 Å². The summed E-state index contributed by atoms with van der Waals surface area (Å²) in [6, 6.07) is 12.8. The van der Waals surface area contributed by atoms with E-state index in [2.05, 4.69) is 10.2 Å². The van der Waals surface area contributed by atoms with E-state index in [9.17, 15) is 18.4 Å². The van der Waals surface area contributed by atoms with E-state index in [1.54, 1.807) is 24.3 Å². The van der Waals surface area contributed by atoms with Crippen molar-refractivity contribution in [2.24, 2.45) is 5.92 Å². The van der Waals surface area contributed by atoms with E-state index in [4.69, 9.17) is 0 Å². The van der Waals surface area contributed by atoms with Gasteiger partial charge in [0, 0.05) is 38.6 Å². The maximum Gasteiger partial charge on any atom is 0.236 e. The Morgan fingerprint density at radius 3 is 2.21 bits per heavy atom. The molecule has 2 fully saturated rings. The Morgan fingerprint density at radius 1 is 0.879 bits per heavy atom. The number of hydrogen-bond donors (Lipinski definition) is 1. The molecular formula is C25H30F2N4O2. The van der Waals surface area contributed by atoms with Gasteiger partial charge in [-0.2, -0.15) is 0 Å². The molecular weight excluding hydrogens is 426 g/mol. The maximum absolute atomic E-state index is 14.0. The number of carbonyl (C=O) groups excluding carboxylic acids is 2. The van der Waals surface area contributed by atoms with Crippen LogP contribution < -0.4 is 10.2 Å². The third-order valence-corrected chi connectivity index (χ3v) is 6.52. The minimum absolute atomic E-state index is 0.00886. The van der Waals surface area contributed by atoms with Crippen LogP contribution in [0.1, 0.15) is 18.4 Å². The molecule has 0 bridgehead atoms. The summed E-state index contributed by atoms with van der Waals surface area (Å²) < 4.78 is 27.0. The first-order chi connectivity index (χ1) is 16.0. The Morgan fingerprint density at radius 2 is 1.55 bits per heavy atom. The number of piperazine rings is 1. The molecule has 0 saturated carbocycles. The lowest BCUT2D eigenvalue weighted by atomic mass is 9.95. The number of para-hydroxylation sites is 1. The number of halogens is 2. The molecule has 2 aromatic rings. The van der Waals surface area contributed by atoms with Crippen LogP contribution in [0.2, 0.25) is 0 Å². The Bertz CT molecular complexity index is 953. The van der Waals surface area contributed by atoms with Gasteiger partial charge in [-0.3, -0.25) is 14.5 Å². The van der Waals surface area contributed by atoms with E-state index in [0.29, 0.717) is 70.9 Å². The van der Waals surface area contributed by atoms with Gasteiger partial charge in [-0.1, -0.05) is 24.3 Å². The van der Waals surface area contributed by atoms with E-state index in [0.717, 1.165) is 5.56 Å². The Balaban J connectivity index is 1.17. The fraction of sp³-hybridized carbons (Fsp3) is 0.440. The van der Waals surface area contributed by atoms with Crippen LogP contribution in [0.25, 0.3) is 0 Å². The molecule has 2 saturated heterocycles. The zero-order valence-electron chi connectivity index (χ0n) is 18.7. The number of hydrogen-bond acceptors (Lipinski definition) is 4. The number of piperidine rings is 1. The minimum Gasteiger partial charge on any atom is -0.366 e. The number of carbonyl (C=O) groups is 2. The van der Waals surface area contributed by atoms with Gasteiger partial charge in [-0.15, -0.1) is 0 Å². The van der Waals surface area contributed by atoms with Crippen LogP contribution in [-0.2, 0) is 16.1 Å². The predicted octanol–water partition coefficient (Wildman–Crippen LogP) is 2.64. The minimum atomic E-state index is -0.293. The predicted molar refractivity (Wildman–Crippen MR) is 123 cm³/mol. The van der Waals surface area contributed by atoms with Gasteiger partial charge in [0.2, 0.25) is 11.8 Å². The van der Waals surface area contributed by atoms with Gasteiger partial charge < -0.3 is 15.1 Å². The second-order valence-electron chi connectivity index (χ2n) is 8.71. The number of rotatable bonds is 6. The lowest BCUT2D eigenvalue weighted by molar-refractivity contribution is -0.133. The number of benzene rings is 2. The summed E-state index contributed by atoms with van der Waals surface area (Å²) in [5, 5.41) is 2.93. The standard InChI is InChI=1S/C25H30F2N4O2/c26-21-7-5-19(6-8-21)17-28-25(33)20-9-11-29(12-10-20)18-24(32)31-15-13-30(14-16-31)23-4-2-1-3-22(23)27/h1-8,20H,9-18H2,(H,28,33). The summed E-state index contributed by atoms with van der Waals surface area (Å²) in [6.07, 6.45) is 1.42. The Kier molecular flexibility index (Phi) is 7.54. The fourth-order valence-corrected chi connectivity index (χ4v) is 4.49. The molecule has 1 N–H and O–H groups in total. The second-order valence-corrected chi connectivity index (χ2v) is 8.71. The summed E-state index contributed by atoms with van der Waals surface area (Å²) in [5.41, 5.74) is 1.45. The Hall–Kier alpha value is -3.00. The van der Waals surface area contributed by atoms with Gasteiger partial charge in [-0.05, 0) is 55.8 Å². The highest BCUT2D eigenvalue weighted by Crippen LogP contribution is 2.21. The van der Waals surface area contributed by atoms with E-state index >= 15 is 0 Å². The zero-order valence-corrected chi connectivity index (χ0v) is 18.7. The number of amides is 2. The maximum atomic E-state index is 14.0. The van der Waals surface area contributed by atoms with Crippen molar-refractivity contribution in [2.75, 3.05) is 50.7 Å². The highest BCUT2D eigenvalue weighted by molar-refractivity contribution is 5.79. The molecule has 0 spiro atoms. The SMILES string of the molecule is O=C(NCc1ccc(F)cc1)C1CCN(CC(=O)N2CCN(c3ccccc3F)CC2)CC1. The zero-order chi connectivity index (χ0) is 23.2. The quantitative estimate of drug-likeness (QED) is 0.726. The van der Waals surface area contributed by atoms with Crippen LogP contribution in [-0.4, -0.2) is 67.4 Å². The average molecular weight is 457 g/mol. The van der Waals surface area contributed by atoms with Crippen LogP contribution >= 0.6 is 0 Å². The van der Waals surface area contributed by atoms with Gasteiger partial charge in [0.25, 0.3) is 0 Å². The third-order valence-electron chi connectivity index (χ3n) is 6.52. The van der Waals surface area contributed by atoms with Gasteiger partial charge in [0.15, 0.2) is 0 Å². The number of anilines is 1. The summed E-state index contributed by atoms with van der Waals surface area (Å²) in [5.74, 6) is -0.501. The normalized spacial score (nSPS) is 17.8. The van der Waals surface area contributed by atoms with Crippen molar-refractivity contribution in [3.63, 3.8) is 0 Å². The summed E-state index contributed by atoms with van der Waals surface area (Å²) in [7, 11) is 0. The molecule has 2 aliphatic heterocycles. The molecule has 2 heterocycles. The highest BCUT2D eigenvalue weighted by atomic mass is 19.1. The van der Waals surface area contributed by atoms with Crippen molar-refractivity contribution in [3.8, 4) is 0 Å². The van der Waals surface area contributed by atoms with Crippen LogP contribution in [0.4, 0.5) is 14.5 Å². The number of likely N-dealkylation sites (tertiary alicyclic amines) is 1. The van der Waals surface area contributed by atoms with Crippen molar-refractivity contribution in [1.29, 1.82) is 0 Å². The Labute approximate surface area is 193 Å². The number of nitrogens with zero attached hydrogens (tertiary/aromatic N) is 3. The van der Waals surface area contributed by atoms with Gasteiger partial charge in [-0.25, -0.2) is 8.78 Å². The lowest BCUT2D eigenvalue weighted by Crippen LogP contribution is -2.52. The number of nitrogens with one attached hydrogen (secondary N) is 1. The summed E-state index contributed by atoms with van der Waals surface area (Å²) in [6.45, 7) is 4.53. The van der Waals surface area contributed by atoms with E-state index < -0.39 is 0 Å². The van der Waals surface area contributed by atoms with Gasteiger partial charge in [0.05, 0.1) is 12.2 Å². The smallest absolute Gasteiger partial charge is 0.236 e. The molecule has 2 aliphatic rings. The van der Waals surface area contributed by atoms with E-state index in [1.807, 2.05) is 15.9 Å². The fourth-order valence-electron chi connectivity index (χ4n) is 4.49. The van der Waals surface area contributed by atoms with Crippen molar-refractivity contribution < 1.29 is 18.4 Å². The second kappa shape index (κ2) is 10.7. The summed E-state index contributed by atoms with van der Waals surface area (Å²) >= 11 is 0. The molecule has 0 unspecified atom stereocenters. The molecule has 0 atom stereocenters. The van der Waals surface area contributed by atoms with Crippen molar-refractivity contribution in [1.82, 2.24) is 15.1 Å². The van der Waals surface area contributed by atoms with Crippen molar-refractivity contribution >= 4 is 17.5 Å². The van der Waals surface area contributed by atoms with E-state index in [1.165, 1.54) is 18.2 Å². The molecule has 2 aromatic carbocycles. The molecule has 33 heavy (non-hydrogen) atoms. The third kappa shape index (κ3) is 6.07. The molecule has 176 valence electrons. The molecule has 0 radical (unpaired) electrons. The van der Waals surface area contributed by atoms with Crippen LogP contribution in [0.5, 0.6) is 0 Å². The van der Waals surface area contributed by atoms with Crippen LogP contribution in [0.3, 0.4) is 0 Å². The molecule has 4 rings (SSSR count). The van der Waals surface area contributed by atoms with E-state index in [-0.39, 0.29) is 29.4 Å². The summed E-state index contributed by atoms with van der Waals surface area (Å²) in [4.78, 5) is 31.2. The molecule has 6 nitrogen and oxygen atoms in total. The first-order valence-electron chi connectivity index (χ1n) is 11.5. The molecule has 8 heteroatoms. The first kappa shape index (κ1) is 23.2. The lowest BCUT2D eigenvalue weighted by Gasteiger charge is -2.38. The largest absolute Gasteiger partial charge is 0.366 e. The first-order valence-corrected chi connectivity index (χ1v) is 11.5. The van der Waals surface area contributed by atoms with Crippen molar-refractivity contribution in [2.45, 2.75) is 19.4 Å². The van der Waals surface area contributed by atoms with Gasteiger partial charge >= 0.3 is 0 Å². The molecule has 2 amide bonds. The van der Waals surface area contributed by atoms with Crippen LogP contribution in [0.15, 0.2) is 48.5 Å². The topological polar surface area (TPSA) is 55.9 Å². The average Bonchev–Trinajstić information content (AvgIpc) is 2.84.